The lowest BCUT2D eigenvalue weighted by atomic mass is 10.0. The molecular formula is C16H17N7O3S2. The van der Waals surface area contributed by atoms with E-state index in [4.69, 9.17) is 0 Å². The van der Waals surface area contributed by atoms with E-state index in [9.17, 15) is 14.7 Å². The number of allylic oxidation sites excluding steroid dienone is 1. The summed E-state index contributed by atoms with van der Waals surface area (Å²) in [7, 11) is 0. The predicted molar refractivity (Wildman–Crippen MR) is 105 cm³/mol. The number of carbonyl (C=O) groups excluding carboxylic acids is 1. The molecule has 0 saturated carbocycles. The molecule has 2 aliphatic heterocycles. The Kier molecular flexibility index (Phi) is 5.13. The fourth-order valence-corrected chi connectivity index (χ4v) is 5.32. The first kappa shape index (κ1) is 18.6. The van der Waals surface area contributed by atoms with Crippen LogP contribution in [0.2, 0.25) is 0 Å². The van der Waals surface area contributed by atoms with E-state index in [2.05, 4.69) is 37.3 Å². The highest BCUT2D eigenvalue weighted by atomic mass is 32.2. The Balaban J connectivity index is 1.48. The maximum Gasteiger partial charge on any atom is 0.352 e. The van der Waals surface area contributed by atoms with Gasteiger partial charge < -0.3 is 15.4 Å². The third-order valence-electron chi connectivity index (χ3n) is 4.32. The van der Waals surface area contributed by atoms with Crippen molar-refractivity contribution in [2.75, 3.05) is 16.8 Å². The summed E-state index contributed by atoms with van der Waals surface area (Å²) in [6.07, 6.45) is 5.66. The molecule has 1 saturated heterocycles. The van der Waals surface area contributed by atoms with E-state index in [0.29, 0.717) is 34.5 Å². The van der Waals surface area contributed by atoms with Crippen molar-refractivity contribution in [2.24, 2.45) is 0 Å². The molecule has 2 aromatic rings. The van der Waals surface area contributed by atoms with E-state index in [0.717, 1.165) is 5.69 Å². The Morgan fingerprint density at radius 1 is 1.54 bits per heavy atom. The van der Waals surface area contributed by atoms with Crippen LogP contribution in [0.5, 0.6) is 0 Å². The van der Waals surface area contributed by atoms with E-state index < -0.39 is 12.0 Å². The number of thioether (sulfide) groups is 2. The number of hydrogen-bond acceptors (Lipinski definition) is 8. The maximum absolute atomic E-state index is 12.7. The number of fused-ring (bicyclic) bond motifs is 1. The summed E-state index contributed by atoms with van der Waals surface area (Å²) in [5, 5.41) is 23.4. The minimum absolute atomic E-state index is 0.0644. The summed E-state index contributed by atoms with van der Waals surface area (Å²) in [4.78, 5) is 33.2. The molecule has 0 bridgehead atoms. The first-order valence-electron chi connectivity index (χ1n) is 8.38. The minimum atomic E-state index is -1.10. The zero-order chi connectivity index (χ0) is 19.7. The number of H-pyrrole nitrogens is 2. The molecule has 1 fully saturated rings. The van der Waals surface area contributed by atoms with Gasteiger partial charge in [-0.1, -0.05) is 17.8 Å². The standard InChI is InChI=1S/C16H17N7O3S2/c1-2-3-9-4-17-16(19-9)20-11-13(24)23-12(15(25)26)8(7-28-14(11)23)6-27-10-5-18-22-21-10/h2,4-5,11,14H,1,3,6-7H2,(H,25,26)(H2,17,19,20)(H,18,21,22)/t11?,14-/m1/s1. The molecule has 4 heterocycles. The largest absolute Gasteiger partial charge is 0.477 e. The van der Waals surface area contributed by atoms with Gasteiger partial charge in [0.15, 0.2) is 0 Å². The highest BCUT2D eigenvalue weighted by Gasteiger charge is 2.53. The third-order valence-corrected chi connectivity index (χ3v) is 6.65. The number of nitrogens with zero attached hydrogens (tertiary/aromatic N) is 4. The number of carboxylic acids is 1. The smallest absolute Gasteiger partial charge is 0.352 e. The summed E-state index contributed by atoms with van der Waals surface area (Å²) in [6, 6.07) is -0.521. The van der Waals surface area contributed by atoms with Crippen LogP contribution in [0.1, 0.15) is 5.69 Å². The van der Waals surface area contributed by atoms with Crippen molar-refractivity contribution in [3.63, 3.8) is 0 Å². The van der Waals surface area contributed by atoms with Crippen molar-refractivity contribution in [2.45, 2.75) is 22.9 Å². The lowest BCUT2D eigenvalue weighted by molar-refractivity contribution is -0.147. The predicted octanol–water partition coefficient (Wildman–Crippen LogP) is 1.08. The Bertz CT molecular complexity index is 940. The number of carbonyl (C=O) groups is 2. The lowest BCUT2D eigenvalue weighted by Crippen LogP contribution is -2.67. The summed E-state index contributed by atoms with van der Waals surface area (Å²) >= 11 is 2.91. The Hall–Kier alpha value is -2.73. The maximum atomic E-state index is 12.7. The van der Waals surface area contributed by atoms with Crippen LogP contribution in [0.15, 0.2) is 41.3 Å². The van der Waals surface area contributed by atoms with Gasteiger partial charge in [-0.25, -0.2) is 9.78 Å². The highest BCUT2D eigenvalue weighted by molar-refractivity contribution is 8.01. The Morgan fingerprint density at radius 3 is 3.11 bits per heavy atom. The second-order valence-electron chi connectivity index (χ2n) is 6.14. The Labute approximate surface area is 168 Å². The second-order valence-corrected chi connectivity index (χ2v) is 8.24. The average Bonchev–Trinajstić information content (AvgIpc) is 3.35. The number of imidazole rings is 1. The van der Waals surface area contributed by atoms with Crippen molar-refractivity contribution in [1.82, 2.24) is 30.3 Å². The number of amides is 1. The molecule has 0 aliphatic carbocycles. The van der Waals surface area contributed by atoms with Crippen molar-refractivity contribution in [1.29, 1.82) is 0 Å². The van der Waals surface area contributed by atoms with Crippen molar-refractivity contribution >= 4 is 41.3 Å². The fraction of sp³-hybridized carbons (Fsp3) is 0.312. The molecule has 2 atom stereocenters. The van der Waals surface area contributed by atoms with Gasteiger partial charge in [-0.2, -0.15) is 10.3 Å². The van der Waals surface area contributed by atoms with Gasteiger partial charge in [-0.15, -0.1) is 23.4 Å². The van der Waals surface area contributed by atoms with Crippen LogP contribution in [-0.2, 0) is 16.0 Å². The van der Waals surface area contributed by atoms with Crippen LogP contribution >= 0.6 is 23.5 Å². The molecule has 28 heavy (non-hydrogen) atoms. The van der Waals surface area contributed by atoms with Crippen LogP contribution < -0.4 is 5.32 Å². The molecule has 4 rings (SSSR count). The zero-order valence-electron chi connectivity index (χ0n) is 14.6. The summed E-state index contributed by atoms with van der Waals surface area (Å²) in [6.45, 7) is 3.68. The minimum Gasteiger partial charge on any atom is -0.477 e. The van der Waals surface area contributed by atoms with E-state index in [-0.39, 0.29) is 17.0 Å². The molecule has 4 N–H and O–H groups in total. The number of anilines is 1. The van der Waals surface area contributed by atoms with Gasteiger partial charge in [0.05, 0.1) is 12.4 Å². The van der Waals surface area contributed by atoms with Crippen LogP contribution in [0, 0.1) is 0 Å². The van der Waals surface area contributed by atoms with Gasteiger partial charge in [0.1, 0.15) is 22.1 Å². The molecular weight excluding hydrogens is 402 g/mol. The van der Waals surface area contributed by atoms with Gasteiger partial charge >= 0.3 is 5.97 Å². The normalized spacial score (nSPS) is 21.3. The number of aromatic amines is 2. The van der Waals surface area contributed by atoms with Crippen LogP contribution in [0.3, 0.4) is 0 Å². The fourth-order valence-electron chi connectivity index (χ4n) is 3.06. The SMILES string of the molecule is C=CCc1cnc(NC2C(=O)N3C(C(=O)O)=C(CSc4cn[nH]n4)CS[C@H]23)[nH]1. The van der Waals surface area contributed by atoms with Crippen LogP contribution in [-0.4, -0.2) is 70.2 Å². The van der Waals surface area contributed by atoms with Crippen molar-refractivity contribution in [3.05, 3.63) is 42.0 Å². The first-order valence-corrected chi connectivity index (χ1v) is 10.4. The van der Waals surface area contributed by atoms with Crippen molar-refractivity contribution < 1.29 is 14.7 Å². The number of hydrogen-bond donors (Lipinski definition) is 4. The van der Waals surface area contributed by atoms with Gasteiger partial charge in [0, 0.05) is 23.6 Å². The first-order chi connectivity index (χ1) is 13.6. The zero-order valence-corrected chi connectivity index (χ0v) is 16.2. The van der Waals surface area contributed by atoms with Gasteiger partial charge in [-0.05, 0) is 5.57 Å². The van der Waals surface area contributed by atoms with Crippen LogP contribution in [0.4, 0.5) is 5.95 Å². The monoisotopic (exact) mass is 419 g/mol. The molecule has 1 unspecified atom stereocenters. The van der Waals surface area contributed by atoms with E-state index >= 15 is 0 Å². The number of aromatic nitrogens is 5. The average molecular weight is 419 g/mol. The second kappa shape index (κ2) is 7.72. The van der Waals surface area contributed by atoms with E-state index in [1.807, 2.05) is 0 Å². The molecule has 0 radical (unpaired) electrons. The molecule has 10 nitrogen and oxygen atoms in total. The summed E-state index contributed by atoms with van der Waals surface area (Å²) in [5.41, 5.74) is 1.64. The van der Waals surface area contributed by atoms with Crippen molar-refractivity contribution in [3.8, 4) is 0 Å². The van der Waals surface area contributed by atoms with Crippen LogP contribution in [0.25, 0.3) is 0 Å². The van der Waals surface area contributed by atoms with Gasteiger partial charge in [-0.3, -0.25) is 9.69 Å². The molecule has 2 aromatic heterocycles. The number of aliphatic carboxylic acids is 1. The van der Waals surface area contributed by atoms with E-state index in [1.165, 1.54) is 28.4 Å². The van der Waals surface area contributed by atoms with E-state index in [1.54, 1.807) is 18.5 Å². The quantitative estimate of drug-likeness (QED) is 0.281. The highest BCUT2D eigenvalue weighted by Crippen LogP contribution is 2.42. The molecule has 2 aliphatic rings. The van der Waals surface area contributed by atoms with Gasteiger partial charge in [0.25, 0.3) is 5.91 Å². The molecule has 0 spiro atoms. The topological polar surface area (TPSA) is 140 Å². The third kappa shape index (κ3) is 3.40. The lowest BCUT2D eigenvalue weighted by Gasteiger charge is -2.49. The number of rotatable bonds is 8. The molecule has 12 heteroatoms. The number of carboxylic acid groups (broad SMARTS) is 1. The number of β-lactam (4-membered cyclic amide) rings is 1. The van der Waals surface area contributed by atoms with Gasteiger partial charge in [0.2, 0.25) is 5.95 Å². The summed E-state index contributed by atoms with van der Waals surface area (Å²) < 4.78 is 0. The molecule has 0 aromatic carbocycles. The number of nitrogens with one attached hydrogen (secondary N) is 3. The molecule has 146 valence electrons. The summed E-state index contributed by atoms with van der Waals surface area (Å²) in [5.74, 6) is 0.0701. The Morgan fingerprint density at radius 2 is 2.39 bits per heavy atom. The molecule has 1 amide bonds.